The van der Waals surface area contributed by atoms with Crippen molar-refractivity contribution in [3.63, 3.8) is 0 Å². The third kappa shape index (κ3) is 4.32. The van der Waals surface area contributed by atoms with E-state index in [2.05, 4.69) is 26.6 Å². The van der Waals surface area contributed by atoms with Crippen molar-refractivity contribution in [3.8, 4) is 0 Å². The predicted molar refractivity (Wildman–Crippen MR) is 91.6 cm³/mol. The topological polar surface area (TPSA) is 58.2 Å². The molecule has 4 nitrogen and oxygen atoms in total. The van der Waals surface area contributed by atoms with Gasteiger partial charge in [-0.05, 0) is 44.9 Å². The van der Waals surface area contributed by atoms with Gasteiger partial charge in [-0.25, -0.2) is 0 Å². The number of carbonyl (C=O) groups is 2. The van der Waals surface area contributed by atoms with E-state index >= 15 is 0 Å². The Hall–Kier alpha value is -1.36. The Morgan fingerprint density at radius 2 is 1.82 bits per heavy atom. The summed E-state index contributed by atoms with van der Waals surface area (Å²) in [5.74, 6) is -0.495. The van der Waals surface area contributed by atoms with Gasteiger partial charge in [0, 0.05) is 16.2 Å². The molecule has 1 fully saturated rings. The molecule has 0 aliphatic heterocycles. The van der Waals surface area contributed by atoms with Crippen molar-refractivity contribution in [1.82, 2.24) is 5.32 Å². The van der Waals surface area contributed by atoms with E-state index in [1.165, 1.54) is 6.42 Å². The van der Waals surface area contributed by atoms with Crippen LogP contribution in [0.15, 0.2) is 28.7 Å². The van der Waals surface area contributed by atoms with Gasteiger partial charge in [-0.15, -0.1) is 0 Å². The first-order chi connectivity index (χ1) is 10.4. The Kier molecular flexibility index (Phi) is 5.62. The van der Waals surface area contributed by atoms with Crippen LogP contribution in [-0.2, 0) is 9.59 Å². The molecule has 1 aromatic carbocycles. The molecule has 1 aromatic rings. The van der Waals surface area contributed by atoms with Crippen LogP contribution in [0.4, 0.5) is 5.69 Å². The van der Waals surface area contributed by atoms with E-state index in [9.17, 15) is 9.59 Å². The minimum absolute atomic E-state index is 0.202. The number of benzene rings is 1. The Balaban J connectivity index is 1.98. The van der Waals surface area contributed by atoms with Crippen LogP contribution in [0, 0.1) is 5.41 Å². The molecule has 120 valence electrons. The zero-order valence-corrected chi connectivity index (χ0v) is 14.7. The molecule has 2 N–H and O–H groups in total. The van der Waals surface area contributed by atoms with Crippen molar-refractivity contribution >= 4 is 33.4 Å². The molecule has 0 unspecified atom stereocenters. The average Bonchev–Trinajstić information content (AvgIpc) is 2.48. The summed E-state index contributed by atoms with van der Waals surface area (Å²) < 4.78 is 0.884. The summed E-state index contributed by atoms with van der Waals surface area (Å²) in [5.41, 5.74) is -0.419. The van der Waals surface area contributed by atoms with Crippen molar-refractivity contribution in [3.05, 3.63) is 28.7 Å². The van der Waals surface area contributed by atoms with Crippen LogP contribution in [0.1, 0.15) is 46.0 Å². The van der Waals surface area contributed by atoms with E-state index in [0.717, 1.165) is 30.2 Å². The molecule has 0 radical (unpaired) electrons. The summed E-state index contributed by atoms with van der Waals surface area (Å²) in [4.78, 5) is 24.9. The number of nitrogens with one attached hydrogen (secondary N) is 2. The van der Waals surface area contributed by atoms with Gasteiger partial charge in [0.25, 0.3) is 0 Å². The molecule has 1 saturated carbocycles. The van der Waals surface area contributed by atoms with Crippen LogP contribution in [0.3, 0.4) is 0 Å². The predicted octanol–water partition coefficient (Wildman–Crippen LogP) is 3.86. The quantitative estimate of drug-likeness (QED) is 0.794. The first kappa shape index (κ1) is 17.0. The van der Waals surface area contributed by atoms with Gasteiger partial charge in [0.05, 0.1) is 0 Å². The summed E-state index contributed by atoms with van der Waals surface area (Å²) in [6.45, 7) is 3.33. The van der Waals surface area contributed by atoms with Crippen LogP contribution < -0.4 is 10.6 Å². The average molecular weight is 367 g/mol. The van der Waals surface area contributed by atoms with E-state index in [1.807, 2.05) is 18.2 Å². The fourth-order valence-electron chi connectivity index (χ4n) is 2.57. The second-order valence-corrected chi connectivity index (χ2v) is 7.31. The zero-order chi connectivity index (χ0) is 16.2. The van der Waals surface area contributed by atoms with Gasteiger partial charge < -0.3 is 10.6 Å². The maximum Gasteiger partial charge on any atom is 0.239 e. The minimum atomic E-state index is -1.10. The Morgan fingerprint density at radius 1 is 1.14 bits per heavy atom. The van der Waals surface area contributed by atoms with E-state index in [4.69, 9.17) is 0 Å². The van der Waals surface area contributed by atoms with Gasteiger partial charge in [-0.3, -0.25) is 9.59 Å². The maximum atomic E-state index is 12.5. The van der Waals surface area contributed by atoms with Crippen LogP contribution in [0.2, 0.25) is 0 Å². The summed E-state index contributed by atoms with van der Waals surface area (Å²) in [7, 11) is 0. The largest absolute Gasteiger partial charge is 0.352 e. The van der Waals surface area contributed by atoms with Crippen LogP contribution in [-0.4, -0.2) is 17.9 Å². The Labute approximate surface area is 140 Å². The lowest BCUT2D eigenvalue weighted by Crippen LogP contribution is -2.49. The fourth-order valence-corrected chi connectivity index (χ4v) is 2.97. The summed E-state index contributed by atoms with van der Waals surface area (Å²) in [5, 5.41) is 5.84. The highest BCUT2D eigenvalue weighted by Gasteiger charge is 2.37. The monoisotopic (exact) mass is 366 g/mol. The molecule has 0 aromatic heterocycles. The lowest BCUT2D eigenvalue weighted by molar-refractivity contribution is -0.139. The minimum Gasteiger partial charge on any atom is -0.352 e. The van der Waals surface area contributed by atoms with Gasteiger partial charge >= 0.3 is 0 Å². The molecule has 0 bridgehead atoms. The SMILES string of the molecule is CC(C)(C(=O)Nc1cccc(Br)c1)C(=O)NC1CCCCC1. The molecule has 0 atom stereocenters. The van der Waals surface area contributed by atoms with Gasteiger partial charge in [0.1, 0.15) is 5.41 Å². The molecular weight excluding hydrogens is 344 g/mol. The van der Waals surface area contributed by atoms with Gasteiger partial charge in [-0.2, -0.15) is 0 Å². The highest BCUT2D eigenvalue weighted by atomic mass is 79.9. The van der Waals surface area contributed by atoms with E-state index in [-0.39, 0.29) is 17.9 Å². The third-order valence-corrected chi connectivity index (χ3v) is 4.65. The zero-order valence-electron chi connectivity index (χ0n) is 13.1. The summed E-state index contributed by atoms with van der Waals surface area (Å²) in [6.07, 6.45) is 5.55. The number of hydrogen-bond donors (Lipinski definition) is 2. The van der Waals surface area contributed by atoms with Crippen molar-refractivity contribution in [2.75, 3.05) is 5.32 Å². The Bertz CT molecular complexity index is 551. The number of anilines is 1. The van der Waals surface area contributed by atoms with Crippen LogP contribution in [0.25, 0.3) is 0 Å². The summed E-state index contributed by atoms with van der Waals surface area (Å²) in [6, 6.07) is 7.55. The normalized spacial score (nSPS) is 16.1. The lowest BCUT2D eigenvalue weighted by Gasteiger charge is -2.28. The van der Waals surface area contributed by atoms with Gasteiger partial charge in [-0.1, -0.05) is 41.3 Å². The molecule has 1 aliphatic carbocycles. The van der Waals surface area contributed by atoms with Crippen molar-refractivity contribution in [2.45, 2.75) is 52.0 Å². The molecular formula is C17H23BrN2O2. The molecule has 1 aliphatic rings. The molecule has 2 rings (SSSR count). The van der Waals surface area contributed by atoms with E-state index in [1.54, 1.807) is 19.9 Å². The van der Waals surface area contributed by atoms with Crippen LogP contribution >= 0.6 is 15.9 Å². The van der Waals surface area contributed by atoms with Gasteiger partial charge in [0.15, 0.2) is 0 Å². The standard InChI is InChI=1S/C17H23BrN2O2/c1-17(2,15(21)19-13-8-4-3-5-9-13)16(22)20-14-10-6-7-12(18)11-14/h6-7,10-11,13H,3-5,8-9H2,1-2H3,(H,19,21)(H,20,22). The molecule has 0 saturated heterocycles. The smallest absolute Gasteiger partial charge is 0.239 e. The number of carbonyl (C=O) groups excluding carboxylic acids is 2. The van der Waals surface area contributed by atoms with Crippen molar-refractivity contribution < 1.29 is 9.59 Å². The second-order valence-electron chi connectivity index (χ2n) is 6.40. The van der Waals surface area contributed by atoms with Crippen LogP contribution in [0.5, 0.6) is 0 Å². The maximum absolute atomic E-state index is 12.5. The number of halogens is 1. The first-order valence-corrected chi connectivity index (χ1v) is 8.57. The molecule has 2 amide bonds. The first-order valence-electron chi connectivity index (χ1n) is 7.77. The Morgan fingerprint density at radius 3 is 2.45 bits per heavy atom. The molecule has 5 heteroatoms. The van der Waals surface area contributed by atoms with E-state index in [0.29, 0.717) is 5.69 Å². The molecule has 22 heavy (non-hydrogen) atoms. The number of rotatable bonds is 4. The fraction of sp³-hybridized carbons (Fsp3) is 0.529. The third-order valence-electron chi connectivity index (χ3n) is 4.16. The van der Waals surface area contributed by atoms with Crippen molar-refractivity contribution in [1.29, 1.82) is 0 Å². The molecule has 0 spiro atoms. The van der Waals surface area contributed by atoms with Crippen molar-refractivity contribution in [2.24, 2.45) is 5.41 Å². The highest BCUT2D eigenvalue weighted by Crippen LogP contribution is 2.23. The molecule has 0 heterocycles. The number of amides is 2. The summed E-state index contributed by atoms with van der Waals surface area (Å²) >= 11 is 3.37. The van der Waals surface area contributed by atoms with Gasteiger partial charge in [0.2, 0.25) is 11.8 Å². The number of hydrogen-bond acceptors (Lipinski definition) is 2. The highest BCUT2D eigenvalue weighted by molar-refractivity contribution is 9.10. The van der Waals surface area contributed by atoms with E-state index < -0.39 is 5.41 Å². The lowest BCUT2D eigenvalue weighted by atomic mass is 9.88. The second kappa shape index (κ2) is 7.27.